The highest BCUT2D eigenvalue weighted by Gasteiger charge is 2.12. The molecular weight excluding hydrogens is 206 g/mol. The molecule has 6 nitrogen and oxygen atoms in total. The lowest BCUT2D eigenvalue weighted by Gasteiger charge is -2.02. The van der Waals surface area contributed by atoms with Crippen molar-refractivity contribution in [2.24, 2.45) is 12.8 Å². The molecule has 0 aliphatic heterocycles. The predicted molar refractivity (Wildman–Crippen MR) is 58.5 cm³/mol. The Morgan fingerprint density at radius 3 is 3.00 bits per heavy atom. The van der Waals surface area contributed by atoms with Crippen LogP contribution in [0.1, 0.15) is 19.2 Å². The van der Waals surface area contributed by atoms with Crippen molar-refractivity contribution in [3.05, 3.63) is 18.3 Å². The van der Waals surface area contributed by atoms with Crippen molar-refractivity contribution in [1.82, 2.24) is 19.7 Å². The number of rotatable bonds is 4. The van der Waals surface area contributed by atoms with Gasteiger partial charge in [-0.05, 0) is 6.42 Å². The van der Waals surface area contributed by atoms with E-state index < -0.39 is 0 Å². The first-order chi connectivity index (χ1) is 7.69. The number of aromatic nitrogens is 4. The van der Waals surface area contributed by atoms with Crippen LogP contribution in [-0.4, -0.2) is 25.7 Å². The quantitative estimate of drug-likeness (QED) is 0.823. The lowest BCUT2D eigenvalue weighted by Crippen LogP contribution is -2.21. The van der Waals surface area contributed by atoms with E-state index in [-0.39, 0.29) is 6.04 Å². The number of hydrogen-bond acceptors (Lipinski definition) is 5. The molecule has 6 heteroatoms. The average molecular weight is 221 g/mol. The molecule has 86 valence electrons. The first kappa shape index (κ1) is 10.8. The summed E-state index contributed by atoms with van der Waals surface area (Å²) in [5.74, 6) is 1.08. The zero-order valence-electron chi connectivity index (χ0n) is 9.42. The van der Waals surface area contributed by atoms with Gasteiger partial charge in [-0.2, -0.15) is 4.98 Å². The van der Waals surface area contributed by atoms with Crippen LogP contribution < -0.4 is 5.73 Å². The van der Waals surface area contributed by atoms with Crippen LogP contribution >= 0.6 is 0 Å². The van der Waals surface area contributed by atoms with Crippen molar-refractivity contribution >= 4 is 0 Å². The largest absolute Gasteiger partial charge is 0.340 e. The van der Waals surface area contributed by atoms with E-state index in [9.17, 15) is 0 Å². The van der Waals surface area contributed by atoms with Gasteiger partial charge in [-0.1, -0.05) is 12.1 Å². The Kier molecular flexibility index (Phi) is 3.00. The molecule has 2 heterocycles. The molecule has 2 rings (SSSR count). The van der Waals surface area contributed by atoms with Crippen LogP contribution in [0.4, 0.5) is 0 Å². The summed E-state index contributed by atoms with van der Waals surface area (Å²) in [5.41, 5.74) is 6.50. The maximum absolute atomic E-state index is 5.82. The van der Waals surface area contributed by atoms with Gasteiger partial charge in [0.15, 0.2) is 5.82 Å². The van der Waals surface area contributed by atoms with Crippen molar-refractivity contribution in [3.63, 3.8) is 0 Å². The second-order valence-corrected chi connectivity index (χ2v) is 3.81. The van der Waals surface area contributed by atoms with Crippen LogP contribution in [0.25, 0.3) is 11.6 Å². The zero-order valence-corrected chi connectivity index (χ0v) is 9.42. The number of hydrogen-bond donors (Lipinski definition) is 1. The summed E-state index contributed by atoms with van der Waals surface area (Å²) >= 11 is 0. The zero-order chi connectivity index (χ0) is 11.5. The van der Waals surface area contributed by atoms with E-state index in [1.54, 1.807) is 6.33 Å². The molecular formula is C10H15N5O. The van der Waals surface area contributed by atoms with Gasteiger partial charge in [0.2, 0.25) is 0 Å². The molecule has 2 aromatic rings. The van der Waals surface area contributed by atoms with Crippen molar-refractivity contribution in [3.8, 4) is 11.6 Å². The molecule has 0 aromatic carbocycles. The van der Waals surface area contributed by atoms with Crippen molar-refractivity contribution in [1.29, 1.82) is 0 Å². The Bertz CT molecular complexity index is 461. The molecule has 0 amide bonds. The van der Waals surface area contributed by atoms with Crippen molar-refractivity contribution in [2.75, 3.05) is 0 Å². The van der Waals surface area contributed by atoms with Gasteiger partial charge in [-0.3, -0.25) is 0 Å². The maximum Gasteiger partial charge on any atom is 0.278 e. The summed E-state index contributed by atoms with van der Waals surface area (Å²) in [4.78, 5) is 8.38. The highest BCUT2D eigenvalue weighted by atomic mass is 16.5. The van der Waals surface area contributed by atoms with E-state index in [0.717, 1.165) is 6.42 Å². The van der Waals surface area contributed by atoms with Gasteiger partial charge >= 0.3 is 0 Å². The SMILES string of the molecule is CCC(N)Cc1noc(-c2cn(C)cn2)n1. The highest BCUT2D eigenvalue weighted by Crippen LogP contribution is 2.14. The monoisotopic (exact) mass is 221 g/mol. The van der Waals surface area contributed by atoms with E-state index in [2.05, 4.69) is 15.1 Å². The molecule has 2 N–H and O–H groups in total. The van der Waals surface area contributed by atoms with Crippen molar-refractivity contribution < 1.29 is 4.52 Å². The molecule has 16 heavy (non-hydrogen) atoms. The Morgan fingerprint density at radius 1 is 1.56 bits per heavy atom. The molecule has 0 radical (unpaired) electrons. The maximum atomic E-state index is 5.82. The summed E-state index contributed by atoms with van der Waals surface area (Å²) in [6, 6.07) is 0.0779. The fourth-order valence-corrected chi connectivity index (χ4v) is 1.34. The minimum atomic E-state index is 0.0779. The number of imidazole rings is 1. The summed E-state index contributed by atoms with van der Waals surface area (Å²) in [7, 11) is 1.89. The predicted octanol–water partition coefficient (Wildman–Crippen LogP) is 0.750. The lowest BCUT2D eigenvalue weighted by molar-refractivity contribution is 0.418. The summed E-state index contributed by atoms with van der Waals surface area (Å²) in [5, 5.41) is 3.87. The third-order valence-corrected chi connectivity index (χ3v) is 2.36. The molecule has 0 saturated carbocycles. The smallest absolute Gasteiger partial charge is 0.278 e. The van der Waals surface area contributed by atoms with Crippen LogP contribution in [0.3, 0.4) is 0 Å². The van der Waals surface area contributed by atoms with E-state index in [1.807, 2.05) is 24.7 Å². The van der Waals surface area contributed by atoms with Gasteiger partial charge in [0.1, 0.15) is 5.69 Å². The van der Waals surface area contributed by atoms with Crippen LogP contribution in [0.5, 0.6) is 0 Å². The standard InChI is InChI=1S/C10H15N5O/c1-3-7(11)4-9-13-10(16-14-9)8-5-15(2)6-12-8/h5-7H,3-4,11H2,1-2H3. The van der Waals surface area contributed by atoms with E-state index in [1.165, 1.54) is 0 Å². The third-order valence-electron chi connectivity index (χ3n) is 2.36. The molecule has 0 fully saturated rings. The Morgan fingerprint density at radius 2 is 2.38 bits per heavy atom. The second-order valence-electron chi connectivity index (χ2n) is 3.81. The van der Waals surface area contributed by atoms with Crippen LogP contribution in [0.2, 0.25) is 0 Å². The third kappa shape index (κ3) is 2.27. The van der Waals surface area contributed by atoms with Gasteiger partial charge in [-0.15, -0.1) is 0 Å². The molecule has 0 bridgehead atoms. The van der Waals surface area contributed by atoms with E-state index >= 15 is 0 Å². The summed E-state index contributed by atoms with van der Waals surface area (Å²) < 4.78 is 6.95. The topological polar surface area (TPSA) is 82.8 Å². The normalized spacial score (nSPS) is 12.9. The molecule has 0 aliphatic carbocycles. The van der Waals surface area contributed by atoms with Gasteiger partial charge in [0, 0.05) is 25.7 Å². The minimum absolute atomic E-state index is 0.0779. The van der Waals surface area contributed by atoms with Crippen molar-refractivity contribution in [2.45, 2.75) is 25.8 Å². The molecule has 0 spiro atoms. The van der Waals surface area contributed by atoms with Gasteiger partial charge < -0.3 is 14.8 Å². The minimum Gasteiger partial charge on any atom is -0.340 e. The molecule has 0 aliphatic rings. The number of nitrogens with zero attached hydrogens (tertiary/aromatic N) is 4. The van der Waals surface area contributed by atoms with Gasteiger partial charge in [-0.25, -0.2) is 4.98 Å². The molecule has 0 saturated heterocycles. The van der Waals surface area contributed by atoms with Crippen LogP contribution in [0, 0.1) is 0 Å². The van der Waals surface area contributed by atoms with Gasteiger partial charge in [0.05, 0.1) is 6.33 Å². The number of aryl methyl sites for hydroxylation is 1. The summed E-state index contributed by atoms with van der Waals surface area (Å²) in [6.07, 6.45) is 5.05. The van der Waals surface area contributed by atoms with Crippen LogP contribution in [0.15, 0.2) is 17.0 Å². The first-order valence-electron chi connectivity index (χ1n) is 5.25. The summed E-state index contributed by atoms with van der Waals surface area (Å²) in [6.45, 7) is 2.03. The lowest BCUT2D eigenvalue weighted by atomic mass is 10.2. The van der Waals surface area contributed by atoms with Crippen LogP contribution in [-0.2, 0) is 13.5 Å². The Labute approximate surface area is 93.5 Å². The average Bonchev–Trinajstić information content (AvgIpc) is 2.87. The molecule has 1 unspecified atom stereocenters. The van der Waals surface area contributed by atoms with E-state index in [0.29, 0.717) is 23.8 Å². The van der Waals surface area contributed by atoms with E-state index in [4.69, 9.17) is 10.3 Å². The molecule has 1 atom stereocenters. The Balaban J connectivity index is 2.13. The molecule has 2 aromatic heterocycles. The highest BCUT2D eigenvalue weighted by molar-refractivity contribution is 5.44. The second kappa shape index (κ2) is 4.44. The Hall–Kier alpha value is -1.69. The number of nitrogens with two attached hydrogens (primary N) is 1. The first-order valence-corrected chi connectivity index (χ1v) is 5.25. The van der Waals surface area contributed by atoms with Gasteiger partial charge in [0.25, 0.3) is 5.89 Å². The fraction of sp³-hybridized carbons (Fsp3) is 0.500. The fourth-order valence-electron chi connectivity index (χ4n) is 1.34.